The second-order valence-corrected chi connectivity index (χ2v) is 8.19. The quantitative estimate of drug-likeness (QED) is 0.620. The summed E-state index contributed by atoms with van der Waals surface area (Å²) in [5, 5.41) is 5.16. The molecule has 11 heteroatoms. The molecule has 3 N–H and O–H groups in total. The Bertz CT molecular complexity index is 579. The van der Waals surface area contributed by atoms with Gasteiger partial charge in [-0.25, -0.2) is 18.5 Å². The van der Waals surface area contributed by atoms with E-state index in [2.05, 4.69) is 10.4 Å². The molecule has 1 heterocycles. The highest BCUT2D eigenvalue weighted by Crippen LogP contribution is 2.44. The van der Waals surface area contributed by atoms with Gasteiger partial charge in [-0.2, -0.15) is 22.6 Å². The summed E-state index contributed by atoms with van der Waals surface area (Å²) in [7, 11) is -5.22. The molecule has 0 spiro atoms. The molecule has 1 atom stereocenters. The summed E-state index contributed by atoms with van der Waals surface area (Å²) in [4.78, 5) is 2.05. The third-order valence-corrected chi connectivity index (χ3v) is 5.90. The first kappa shape index (κ1) is 13.7. The monoisotopic (exact) mass is 297 g/mol. The number of nitrogens with zero attached hydrogens (tertiary/aromatic N) is 3. The Balaban J connectivity index is 2.35. The van der Waals surface area contributed by atoms with Crippen molar-refractivity contribution in [1.82, 2.24) is 14.1 Å². The predicted molar refractivity (Wildman–Crippen MR) is 64.6 cm³/mol. The number of nitrogens with one attached hydrogen (secondary N) is 1. The molecule has 1 aliphatic heterocycles. The molecule has 0 amide bonds. The van der Waals surface area contributed by atoms with Crippen molar-refractivity contribution in [2.24, 2.45) is 16.0 Å². The lowest BCUT2D eigenvalue weighted by Crippen LogP contribution is -2.58. The van der Waals surface area contributed by atoms with Crippen LogP contribution < -0.4 is 10.6 Å². The number of aliphatic imine (C=N–C) groups is 1. The Labute approximate surface area is 106 Å². The Hall–Kier alpha value is -0.750. The van der Waals surface area contributed by atoms with Crippen LogP contribution in [-0.4, -0.2) is 51.0 Å². The Morgan fingerprint density at radius 1 is 1.39 bits per heavy atom. The standard InChI is InChI=1S/C7H15N5O4S2/c1-11(2)18(15,16)12-5-9-7(10-12,6-3-4-6)17(8,13)14/h5-6,10H,3-4H2,1-2H3,(H2,8,13,14). The normalized spacial score (nSPS) is 29.2. The van der Waals surface area contributed by atoms with Gasteiger partial charge in [-0.05, 0) is 12.8 Å². The molecule has 2 rings (SSSR count). The summed E-state index contributed by atoms with van der Waals surface area (Å²) in [5.41, 5.74) is 2.40. The smallest absolute Gasteiger partial charge is 0.232 e. The average Bonchev–Trinajstić information content (AvgIpc) is 2.95. The SMILES string of the molecule is CN(C)S(=O)(=O)N1C=NC(C2CC2)(S(N)(=O)=O)N1. The van der Waals surface area contributed by atoms with Crippen LogP contribution in [0.1, 0.15) is 12.8 Å². The van der Waals surface area contributed by atoms with Gasteiger partial charge < -0.3 is 0 Å². The van der Waals surface area contributed by atoms with E-state index >= 15 is 0 Å². The number of rotatable bonds is 4. The third kappa shape index (κ3) is 1.91. The molecule has 1 unspecified atom stereocenters. The number of hydrogen-bond acceptors (Lipinski definition) is 6. The van der Waals surface area contributed by atoms with Gasteiger partial charge >= 0.3 is 10.2 Å². The van der Waals surface area contributed by atoms with Gasteiger partial charge in [0.15, 0.2) is 0 Å². The highest BCUT2D eigenvalue weighted by Gasteiger charge is 2.58. The zero-order valence-corrected chi connectivity index (χ0v) is 11.6. The molecule has 9 nitrogen and oxygen atoms in total. The van der Waals surface area contributed by atoms with Crippen molar-refractivity contribution in [2.45, 2.75) is 17.8 Å². The lowest BCUT2D eigenvalue weighted by molar-refractivity contribution is 0.322. The summed E-state index contributed by atoms with van der Waals surface area (Å²) in [6.07, 6.45) is 2.21. The van der Waals surface area contributed by atoms with Crippen molar-refractivity contribution < 1.29 is 16.8 Å². The van der Waals surface area contributed by atoms with Gasteiger partial charge in [0.05, 0.1) is 0 Å². The second-order valence-electron chi connectivity index (χ2n) is 4.46. The van der Waals surface area contributed by atoms with Crippen LogP contribution in [0.2, 0.25) is 0 Å². The fraction of sp³-hybridized carbons (Fsp3) is 0.857. The number of primary sulfonamides is 1. The predicted octanol–water partition coefficient (Wildman–Crippen LogP) is -2.01. The molecule has 1 fully saturated rings. The van der Waals surface area contributed by atoms with Crippen molar-refractivity contribution >= 4 is 26.6 Å². The zero-order valence-electron chi connectivity index (χ0n) is 9.94. The van der Waals surface area contributed by atoms with Gasteiger partial charge in [0, 0.05) is 20.0 Å². The number of hydrazine groups is 1. The van der Waals surface area contributed by atoms with Crippen LogP contribution in [-0.2, 0) is 20.2 Å². The minimum atomic E-state index is -4.05. The van der Waals surface area contributed by atoms with E-state index in [4.69, 9.17) is 5.14 Å². The van der Waals surface area contributed by atoms with Crippen LogP contribution in [0.15, 0.2) is 4.99 Å². The van der Waals surface area contributed by atoms with Gasteiger partial charge in [0.25, 0.3) is 10.0 Å². The first-order valence-corrected chi connectivity index (χ1v) is 8.13. The summed E-state index contributed by atoms with van der Waals surface area (Å²) in [6, 6.07) is 0. The van der Waals surface area contributed by atoms with Gasteiger partial charge in [0.2, 0.25) is 4.99 Å². The van der Waals surface area contributed by atoms with E-state index in [1.54, 1.807) is 0 Å². The zero-order chi connectivity index (χ0) is 13.8. The average molecular weight is 297 g/mol. The Morgan fingerprint density at radius 2 is 1.94 bits per heavy atom. The third-order valence-electron chi connectivity index (χ3n) is 2.90. The van der Waals surface area contributed by atoms with Crippen LogP contribution in [0.5, 0.6) is 0 Å². The summed E-state index contributed by atoms with van der Waals surface area (Å²) < 4.78 is 48.6. The fourth-order valence-electron chi connectivity index (χ4n) is 1.69. The van der Waals surface area contributed by atoms with Crippen LogP contribution >= 0.6 is 0 Å². The molecular formula is C7H15N5O4S2. The second kappa shape index (κ2) is 3.87. The maximum Gasteiger partial charge on any atom is 0.318 e. The molecule has 18 heavy (non-hydrogen) atoms. The van der Waals surface area contributed by atoms with E-state index < -0.39 is 25.2 Å². The van der Waals surface area contributed by atoms with E-state index in [1.807, 2.05) is 0 Å². The molecule has 1 aliphatic carbocycles. The van der Waals surface area contributed by atoms with Crippen molar-refractivity contribution in [3.8, 4) is 0 Å². The topological polar surface area (TPSA) is 125 Å². The van der Waals surface area contributed by atoms with E-state index in [0.717, 1.165) is 10.6 Å². The largest absolute Gasteiger partial charge is 0.318 e. The van der Waals surface area contributed by atoms with Crippen molar-refractivity contribution in [2.75, 3.05) is 14.1 Å². The highest BCUT2D eigenvalue weighted by atomic mass is 32.2. The molecule has 0 aromatic rings. The highest BCUT2D eigenvalue weighted by molar-refractivity contribution is 7.90. The maximum atomic E-state index is 11.9. The molecule has 104 valence electrons. The first-order chi connectivity index (χ1) is 8.11. The molecule has 0 bridgehead atoms. The first-order valence-electron chi connectivity index (χ1n) is 5.18. The van der Waals surface area contributed by atoms with Gasteiger partial charge in [-0.15, -0.1) is 0 Å². The van der Waals surface area contributed by atoms with Crippen molar-refractivity contribution in [3.63, 3.8) is 0 Å². The molecule has 1 saturated carbocycles. The summed E-state index contributed by atoms with van der Waals surface area (Å²) in [5.74, 6) is -0.300. The van der Waals surface area contributed by atoms with Crippen LogP contribution in [0.4, 0.5) is 0 Å². The molecule has 0 radical (unpaired) electrons. The van der Waals surface area contributed by atoms with Crippen LogP contribution in [0, 0.1) is 5.92 Å². The molecule has 0 saturated heterocycles. The van der Waals surface area contributed by atoms with Gasteiger partial charge in [-0.1, -0.05) is 0 Å². The number of sulfonamides is 1. The van der Waals surface area contributed by atoms with E-state index in [1.165, 1.54) is 14.1 Å². The van der Waals surface area contributed by atoms with E-state index in [-0.39, 0.29) is 5.92 Å². The summed E-state index contributed by atoms with van der Waals surface area (Å²) in [6.45, 7) is 0. The van der Waals surface area contributed by atoms with E-state index in [0.29, 0.717) is 17.3 Å². The van der Waals surface area contributed by atoms with Crippen molar-refractivity contribution in [3.05, 3.63) is 0 Å². The molecule has 0 aromatic carbocycles. The van der Waals surface area contributed by atoms with Gasteiger partial charge in [-0.3, -0.25) is 0 Å². The minimum Gasteiger partial charge on any atom is -0.232 e. The lowest BCUT2D eigenvalue weighted by Gasteiger charge is -2.27. The van der Waals surface area contributed by atoms with E-state index in [9.17, 15) is 16.8 Å². The van der Waals surface area contributed by atoms with Crippen LogP contribution in [0.25, 0.3) is 0 Å². The Morgan fingerprint density at radius 3 is 2.33 bits per heavy atom. The number of nitrogens with two attached hydrogens (primary N) is 1. The van der Waals surface area contributed by atoms with Crippen LogP contribution in [0.3, 0.4) is 0 Å². The molecular weight excluding hydrogens is 282 g/mol. The van der Waals surface area contributed by atoms with Crippen molar-refractivity contribution in [1.29, 1.82) is 0 Å². The maximum absolute atomic E-state index is 11.9. The lowest BCUT2D eigenvalue weighted by atomic mass is 10.3. The van der Waals surface area contributed by atoms with Gasteiger partial charge in [0.1, 0.15) is 6.34 Å². The summed E-state index contributed by atoms with van der Waals surface area (Å²) >= 11 is 0. The fourth-order valence-corrected chi connectivity index (χ4v) is 3.64. The molecule has 0 aromatic heterocycles. The minimum absolute atomic E-state index is 0.300. The number of hydrogen-bond donors (Lipinski definition) is 2. The Kier molecular flexibility index (Phi) is 2.94. The molecule has 2 aliphatic rings.